The maximum atomic E-state index is 12.7. The van der Waals surface area contributed by atoms with Crippen LogP contribution in [0.4, 0.5) is 0 Å². The molecule has 0 bridgehead atoms. The molecule has 1 aromatic rings. The molecule has 3 rings (SSSR count). The number of piperidine rings is 1. The Kier molecular flexibility index (Phi) is 6.72. The van der Waals surface area contributed by atoms with Gasteiger partial charge in [-0.2, -0.15) is 4.31 Å². The van der Waals surface area contributed by atoms with Crippen molar-refractivity contribution in [3.8, 4) is 0 Å². The number of nitrogens with zero attached hydrogens (tertiary/aromatic N) is 3. The molecule has 0 aromatic heterocycles. The normalized spacial score (nSPS) is 18.9. The monoisotopic (exact) mass is 407 g/mol. The van der Waals surface area contributed by atoms with Gasteiger partial charge in [-0.05, 0) is 30.5 Å². The molecule has 7 nitrogen and oxygen atoms in total. The second-order valence-electron chi connectivity index (χ2n) is 7.40. The molecular weight excluding hydrogens is 378 g/mol. The zero-order valence-corrected chi connectivity index (χ0v) is 17.3. The minimum Gasteiger partial charge on any atom is -0.339 e. The van der Waals surface area contributed by atoms with E-state index >= 15 is 0 Å². The predicted octanol–water partition coefficient (Wildman–Crippen LogP) is 1.48. The smallest absolute Gasteiger partial charge is 0.243 e. The van der Waals surface area contributed by atoms with Gasteiger partial charge in [0.2, 0.25) is 21.8 Å². The first-order valence-electron chi connectivity index (χ1n) is 10.1. The SMILES string of the molecule is CCC(=O)N1CCN(C(=O)Cc2ccc(S(=O)(=O)N3CCCCC3)cc2)CC1. The van der Waals surface area contributed by atoms with Crippen molar-refractivity contribution in [2.45, 2.75) is 43.9 Å². The van der Waals surface area contributed by atoms with Crippen LogP contribution in [0, 0.1) is 0 Å². The summed E-state index contributed by atoms with van der Waals surface area (Å²) in [5.74, 6) is 0.132. The molecule has 0 N–H and O–H groups in total. The molecule has 154 valence electrons. The Morgan fingerprint density at radius 2 is 1.36 bits per heavy atom. The van der Waals surface area contributed by atoms with Crippen LogP contribution >= 0.6 is 0 Å². The van der Waals surface area contributed by atoms with Crippen molar-refractivity contribution in [1.82, 2.24) is 14.1 Å². The van der Waals surface area contributed by atoms with E-state index in [0.717, 1.165) is 24.8 Å². The molecule has 2 saturated heterocycles. The Hall–Kier alpha value is -1.93. The zero-order valence-electron chi connectivity index (χ0n) is 16.5. The third kappa shape index (κ3) is 4.72. The summed E-state index contributed by atoms with van der Waals surface area (Å²) in [5, 5.41) is 0. The summed E-state index contributed by atoms with van der Waals surface area (Å²) in [4.78, 5) is 28.1. The zero-order chi connectivity index (χ0) is 20.1. The first kappa shape index (κ1) is 20.8. The predicted molar refractivity (Wildman–Crippen MR) is 106 cm³/mol. The summed E-state index contributed by atoms with van der Waals surface area (Å²) in [5.41, 5.74) is 0.801. The molecule has 8 heteroatoms. The lowest BCUT2D eigenvalue weighted by atomic mass is 10.1. The van der Waals surface area contributed by atoms with Gasteiger partial charge >= 0.3 is 0 Å². The number of carbonyl (C=O) groups excluding carboxylic acids is 2. The fourth-order valence-corrected chi connectivity index (χ4v) is 5.27. The van der Waals surface area contributed by atoms with Gasteiger partial charge in [-0.3, -0.25) is 9.59 Å². The summed E-state index contributed by atoms with van der Waals surface area (Å²) in [6.07, 6.45) is 3.62. The van der Waals surface area contributed by atoms with Gasteiger partial charge in [0.1, 0.15) is 0 Å². The highest BCUT2D eigenvalue weighted by atomic mass is 32.2. The van der Waals surface area contributed by atoms with E-state index in [4.69, 9.17) is 0 Å². The average Bonchev–Trinajstić information content (AvgIpc) is 2.74. The summed E-state index contributed by atoms with van der Waals surface area (Å²) in [6.45, 7) is 5.24. The van der Waals surface area contributed by atoms with E-state index in [2.05, 4.69) is 0 Å². The van der Waals surface area contributed by atoms with Gasteiger partial charge in [0.05, 0.1) is 11.3 Å². The Labute approximate surface area is 167 Å². The number of carbonyl (C=O) groups is 2. The van der Waals surface area contributed by atoms with E-state index in [9.17, 15) is 18.0 Å². The molecule has 2 fully saturated rings. The van der Waals surface area contributed by atoms with Gasteiger partial charge in [-0.1, -0.05) is 25.5 Å². The quantitative estimate of drug-likeness (QED) is 0.741. The summed E-state index contributed by atoms with van der Waals surface area (Å²) < 4.78 is 26.9. The minimum atomic E-state index is -3.44. The van der Waals surface area contributed by atoms with Crippen molar-refractivity contribution in [2.24, 2.45) is 0 Å². The van der Waals surface area contributed by atoms with Crippen LogP contribution in [0.5, 0.6) is 0 Å². The van der Waals surface area contributed by atoms with Crippen LogP contribution < -0.4 is 0 Å². The van der Waals surface area contributed by atoms with Crippen molar-refractivity contribution in [3.63, 3.8) is 0 Å². The minimum absolute atomic E-state index is 0.00948. The standard InChI is InChI=1S/C20H29N3O4S/c1-2-19(24)21-12-14-22(15-13-21)20(25)16-17-6-8-18(9-7-17)28(26,27)23-10-4-3-5-11-23/h6-9H,2-5,10-16H2,1H3. The highest BCUT2D eigenvalue weighted by Crippen LogP contribution is 2.21. The molecule has 0 radical (unpaired) electrons. The fourth-order valence-electron chi connectivity index (χ4n) is 3.75. The number of sulfonamides is 1. The number of benzene rings is 1. The number of amides is 2. The first-order valence-corrected chi connectivity index (χ1v) is 11.5. The van der Waals surface area contributed by atoms with Crippen LogP contribution in [0.25, 0.3) is 0 Å². The molecule has 0 aliphatic carbocycles. The lowest BCUT2D eigenvalue weighted by Gasteiger charge is -2.34. The van der Waals surface area contributed by atoms with Crippen molar-refractivity contribution in [2.75, 3.05) is 39.3 Å². The molecule has 2 aliphatic heterocycles. The van der Waals surface area contributed by atoms with Crippen LogP contribution in [0.15, 0.2) is 29.2 Å². The largest absolute Gasteiger partial charge is 0.339 e. The fraction of sp³-hybridized carbons (Fsp3) is 0.600. The van der Waals surface area contributed by atoms with Gasteiger partial charge < -0.3 is 9.80 Å². The second kappa shape index (κ2) is 9.05. The molecule has 2 heterocycles. The van der Waals surface area contributed by atoms with E-state index < -0.39 is 10.0 Å². The summed E-state index contributed by atoms with van der Waals surface area (Å²) in [6, 6.07) is 6.66. The second-order valence-corrected chi connectivity index (χ2v) is 9.34. The molecule has 0 saturated carbocycles. The third-order valence-corrected chi connectivity index (χ3v) is 7.43. The van der Waals surface area contributed by atoms with Crippen LogP contribution in [0.1, 0.15) is 38.2 Å². The highest BCUT2D eigenvalue weighted by molar-refractivity contribution is 7.89. The highest BCUT2D eigenvalue weighted by Gasteiger charge is 2.26. The molecule has 28 heavy (non-hydrogen) atoms. The molecule has 0 spiro atoms. The molecule has 1 aromatic carbocycles. The van der Waals surface area contributed by atoms with Crippen LogP contribution in [0.2, 0.25) is 0 Å². The Morgan fingerprint density at radius 3 is 1.89 bits per heavy atom. The van der Waals surface area contributed by atoms with E-state index in [1.807, 2.05) is 6.92 Å². The van der Waals surface area contributed by atoms with Gasteiger partial charge in [-0.25, -0.2) is 8.42 Å². The average molecular weight is 408 g/mol. The maximum absolute atomic E-state index is 12.7. The van der Waals surface area contributed by atoms with Gasteiger partial charge in [0.25, 0.3) is 0 Å². The van der Waals surface area contributed by atoms with Crippen molar-refractivity contribution < 1.29 is 18.0 Å². The molecule has 2 amide bonds. The Morgan fingerprint density at radius 1 is 0.821 bits per heavy atom. The van der Waals surface area contributed by atoms with E-state index in [1.165, 1.54) is 0 Å². The molecule has 2 aliphatic rings. The van der Waals surface area contributed by atoms with Gasteiger partial charge in [-0.15, -0.1) is 0 Å². The number of rotatable bonds is 5. The number of hydrogen-bond acceptors (Lipinski definition) is 4. The van der Waals surface area contributed by atoms with E-state index in [-0.39, 0.29) is 23.1 Å². The van der Waals surface area contributed by atoms with Crippen LogP contribution in [-0.4, -0.2) is 73.6 Å². The first-order chi connectivity index (χ1) is 13.4. The maximum Gasteiger partial charge on any atom is 0.243 e. The van der Waals surface area contributed by atoms with Crippen molar-refractivity contribution in [3.05, 3.63) is 29.8 Å². The lowest BCUT2D eigenvalue weighted by molar-refractivity contribution is -0.139. The van der Waals surface area contributed by atoms with Crippen molar-refractivity contribution in [1.29, 1.82) is 0 Å². The topological polar surface area (TPSA) is 78.0 Å². The summed E-state index contributed by atoms with van der Waals surface area (Å²) >= 11 is 0. The Balaban J connectivity index is 1.57. The van der Waals surface area contributed by atoms with Gasteiger partial charge in [0.15, 0.2) is 0 Å². The van der Waals surface area contributed by atoms with Crippen LogP contribution in [0.3, 0.4) is 0 Å². The summed E-state index contributed by atoms with van der Waals surface area (Å²) in [7, 11) is -3.44. The molecular formula is C20H29N3O4S. The van der Waals surface area contributed by atoms with Crippen molar-refractivity contribution >= 4 is 21.8 Å². The van der Waals surface area contributed by atoms with E-state index in [0.29, 0.717) is 45.7 Å². The lowest BCUT2D eigenvalue weighted by Crippen LogP contribution is -2.50. The third-order valence-electron chi connectivity index (χ3n) is 5.52. The van der Waals surface area contributed by atoms with Gasteiger partial charge in [0, 0.05) is 45.7 Å². The molecule has 0 unspecified atom stereocenters. The number of hydrogen-bond donors (Lipinski definition) is 0. The molecule has 0 atom stereocenters. The number of piperazine rings is 1. The Bertz CT molecular complexity index is 793. The van der Waals surface area contributed by atoms with Crippen LogP contribution in [-0.2, 0) is 26.0 Å². The van der Waals surface area contributed by atoms with E-state index in [1.54, 1.807) is 38.4 Å².